The van der Waals surface area contributed by atoms with Crippen LogP contribution < -0.4 is 0 Å². The molecule has 15 heavy (non-hydrogen) atoms. The smallest absolute Gasteiger partial charge is 0.118 e. The Labute approximate surface area is 98.1 Å². The van der Waals surface area contributed by atoms with Gasteiger partial charge in [0.2, 0.25) is 0 Å². The van der Waals surface area contributed by atoms with Crippen molar-refractivity contribution in [1.82, 2.24) is 4.98 Å². The third-order valence-corrected chi connectivity index (χ3v) is 3.46. The molecule has 0 unspecified atom stereocenters. The van der Waals surface area contributed by atoms with E-state index in [1.807, 2.05) is 37.4 Å². The molecule has 0 radical (unpaired) electrons. The molecule has 0 amide bonds. The summed E-state index contributed by atoms with van der Waals surface area (Å²) < 4.78 is 0. The summed E-state index contributed by atoms with van der Waals surface area (Å²) in [6.07, 6.45) is 1.87. The number of aromatic nitrogens is 1. The second kappa shape index (κ2) is 4.17. The highest BCUT2D eigenvalue weighted by Gasteiger charge is 2.04. The van der Waals surface area contributed by atoms with Crippen LogP contribution in [0.1, 0.15) is 11.9 Å². The third-order valence-electron chi connectivity index (χ3n) is 2.00. The Bertz CT molecular complexity index is 485. The molecule has 2 rings (SSSR count). The zero-order chi connectivity index (χ0) is 10.8. The van der Waals surface area contributed by atoms with Gasteiger partial charge in [0.25, 0.3) is 0 Å². The van der Waals surface area contributed by atoms with Gasteiger partial charge in [0.15, 0.2) is 0 Å². The van der Waals surface area contributed by atoms with E-state index in [9.17, 15) is 0 Å². The SMILES string of the molecule is C=C(C)c1ncc(-c2ccc(Cl)cc2)s1. The van der Waals surface area contributed by atoms with E-state index in [0.717, 1.165) is 26.0 Å². The molecule has 1 nitrogen and oxygen atoms in total. The maximum atomic E-state index is 5.83. The fraction of sp³-hybridized carbons (Fsp3) is 0.0833. The Morgan fingerprint density at radius 3 is 2.53 bits per heavy atom. The first-order chi connectivity index (χ1) is 7.16. The van der Waals surface area contributed by atoms with Crippen molar-refractivity contribution in [1.29, 1.82) is 0 Å². The van der Waals surface area contributed by atoms with Crippen LogP contribution in [0.3, 0.4) is 0 Å². The summed E-state index contributed by atoms with van der Waals surface area (Å²) in [4.78, 5) is 5.44. The molecular formula is C12H10ClNS. The second-order valence-electron chi connectivity index (χ2n) is 3.32. The number of hydrogen-bond acceptors (Lipinski definition) is 2. The number of allylic oxidation sites excluding steroid dienone is 1. The van der Waals surface area contributed by atoms with Crippen LogP contribution in [-0.2, 0) is 0 Å². The molecule has 0 saturated heterocycles. The number of hydrogen-bond donors (Lipinski definition) is 0. The van der Waals surface area contributed by atoms with Crippen LogP contribution >= 0.6 is 22.9 Å². The molecule has 0 atom stereocenters. The molecular weight excluding hydrogens is 226 g/mol. The normalized spacial score (nSPS) is 10.3. The van der Waals surface area contributed by atoms with E-state index >= 15 is 0 Å². The quantitative estimate of drug-likeness (QED) is 0.747. The minimum Gasteiger partial charge on any atom is -0.244 e. The highest BCUT2D eigenvalue weighted by atomic mass is 35.5. The summed E-state index contributed by atoms with van der Waals surface area (Å²) in [5.74, 6) is 0. The monoisotopic (exact) mass is 235 g/mol. The van der Waals surface area contributed by atoms with E-state index in [-0.39, 0.29) is 0 Å². The predicted molar refractivity (Wildman–Crippen MR) is 67.3 cm³/mol. The van der Waals surface area contributed by atoms with Crippen molar-refractivity contribution in [2.45, 2.75) is 6.92 Å². The molecule has 0 spiro atoms. The summed E-state index contributed by atoms with van der Waals surface area (Å²) in [5, 5.41) is 1.74. The Balaban J connectivity index is 2.37. The summed E-state index contributed by atoms with van der Waals surface area (Å²) >= 11 is 7.47. The van der Waals surface area contributed by atoms with E-state index < -0.39 is 0 Å². The minimum absolute atomic E-state index is 0.753. The van der Waals surface area contributed by atoms with Gasteiger partial charge in [0, 0.05) is 11.2 Å². The zero-order valence-corrected chi connectivity index (χ0v) is 9.90. The molecule has 0 fully saturated rings. The van der Waals surface area contributed by atoms with Crippen LogP contribution in [0.4, 0.5) is 0 Å². The molecule has 2 aromatic rings. The van der Waals surface area contributed by atoms with Crippen molar-refractivity contribution < 1.29 is 0 Å². The van der Waals surface area contributed by atoms with Crippen molar-refractivity contribution in [3.63, 3.8) is 0 Å². The lowest BCUT2D eigenvalue weighted by atomic mass is 10.2. The van der Waals surface area contributed by atoms with Gasteiger partial charge in [0.05, 0.1) is 4.88 Å². The van der Waals surface area contributed by atoms with Gasteiger partial charge < -0.3 is 0 Å². The van der Waals surface area contributed by atoms with Gasteiger partial charge in [-0.05, 0) is 30.2 Å². The number of rotatable bonds is 2. The first kappa shape index (κ1) is 10.4. The fourth-order valence-electron chi connectivity index (χ4n) is 1.22. The first-order valence-corrected chi connectivity index (χ1v) is 5.74. The molecule has 0 aliphatic rings. The maximum absolute atomic E-state index is 5.83. The number of benzene rings is 1. The Morgan fingerprint density at radius 2 is 2.00 bits per heavy atom. The molecule has 1 aromatic heterocycles. The van der Waals surface area contributed by atoms with Gasteiger partial charge in [-0.1, -0.05) is 30.3 Å². The number of nitrogens with zero attached hydrogens (tertiary/aromatic N) is 1. The van der Waals surface area contributed by atoms with Crippen LogP contribution in [0.5, 0.6) is 0 Å². The lowest BCUT2D eigenvalue weighted by Gasteiger charge is -1.95. The molecule has 3 heteroatoms. The molecule has 0 saturated carbocycles. The van der Waals surface area contributed by atoms with E-state index in [2.05, 4.69) is 11.6 Å². The summed E-state index contributed by atoms with van der Waals surface area (Å²) in [6, 6.07) is 7.77. The summed E-state index contributed by atoms with van der Waals surface area (Å²) in [7, 11) is 0. The average molecular weight is 236 g/mol. The van der Waals surface area contributed by atoms with Gasteiger partial charge in [-0.3, -0.25) is 0 Å². The summed E-state index contributed by atoms with van der Waals surface area (Å²) in [5.41, 5.74) is 2.14. The van der Waals surface area contributed by atoms with Gasteiger partial charge in [-0.15, -0.1) is 11.3 Å². The lowest BCUT2D eigenvalue weighted by molar-refractivity contribution is 1.37. The van der Waals surface area contributed by atoms with Gasteiger partial charge in [-0.2, -0.15) is 0 Å². The Hall–Kier alpha value is -1.12. The van der Waals surface area contributed by atoms with Crippen molar-refractivity contribution in [3.8, 4) is 10.4 Å². The van der Waals surface area contributed by atoms with Crippen molar-refractivity contribution >= 4 is 28.5 Å². The fourth-order valence-corrected chi connectivity index (χ4v) is 2.19. The standard InChI is InChI=1S/C12H10ClNS/c1-8(2)12-14-7-11(15-12)9-3-5-10(13)6-4-9/h3-7H,1H2,2H3. The lowest BCUT2D eigenvalue weighted by Crippen LogP contribution is -1.70. The van der Waals surface area contributed by atoms with Crippen molar-refractivity contribution in [3.05, 3.63) is 47.1 Å². The van der Waals surface area contributed by atoms with E-state index in [0.29, 0.717) is 0 Å². The van der Waals surface area contributed by atoms with Crippen molar-refractivity contribution in [2.24, 2.45) is 0 Å². The van der Waals surface area contributed by atoms with E-state index in [1.165, 1.54) is 0 Å². The van der Waals surface area contributed by atoms with Gasteiger partial charge >= 0.3 is 0 Å². The zero-order valence-electron chi connectivity index (χ0n) is 8.33. The van der Waals surface area contributed by atoms with Crippen LogP contribution in [0.15, 0.2) is 37.0 Å². The third kappa shape index (κ3) is 2.28. The van der Waals surface area contributed by atoms with Gasteiger partial charge in [-0.25, -0.2) is 4.98 Å². The first-order valence-electron chi connectivity index (χ1n) is 4.54. The highest BCUT2D eigenvalue weighted by molar-refractivity contribution is 7.16. The van der Waals surface area contributed by atoms with Crippen LogP contribution in [0.25, 0.3) is 16.0 Å². The Kier molecular flexibility index (Phi) is 2.89. The van der Waals surface area contributed by atoms with Crippen molar-refractivity contribution in [2.75, 3.05) is 0 Å². The largest absolute Gasteiger partial charge is 0.244 e. The molecule has 1 heterocycles. The number of thiazole rings is 1. The highest BCUT2D eigenvalue weighted by Crippen LogP contribution is 2.29. The average Bonchev–Trinajstić information content (AvgIpc) is 2.68. The Morgan fingerprint density at radius 1 is 1.33 bits per heavy atom. The number of halogens is 1. The molecule has 0 bridgehead atoms. The topological polar surface area (TPSA) is 12.9 Å². The van der Waals surface area contributed by atoms with Crippen LogP contribution in [-0.4, -0.2) is 4.98 Å². The second-order valence-corrected chi connectivity index (χ2v) is 4.78. The van der Waals surface area contributed by atoms with Gasteiger partial charge in [0.1, 0.15) is 5.01 Å². The minimum atomic E-state index is 0.753. The van der Waals surface area contributed by atoms with Crippen LogP contribution in [0, 0.1) is 0 Å². The summed E-state index contributed by atoms with van der Waals surface area (Å²) in [6.45, 7) is 5.84. The molecule has 0 aliphatic carbocycles. The van der Waals surface area contributed by atoms with Crippen LogP contribution in [0.2, 0.25) is 5.02 Å². The van der Waals surface area contributed by atoms with E-state index in [1.54, 1.807) is 11.3 Å². The molecule has 1 aromatic carbocycles. The maximum Gasteiger partial charge on any atom is 0.118 e. The molecule has 76 valence electrons. The predicted octanol–water partition coefficient (Wildman–Crippen LogP) is 4.50. The molecule has 0 aliphatic heterocycles. The van der Waals surface area contributed by atoms with E-state index in [4.69, 9.17) is 11.6 Å². The molecule has 0 N–H and O–H groups in total.